The van der Waals surface area contributed by atoms with Gasteiger partial charge in [-0.3, -0.25) is 0 Å². The lowest BCUT2D eigenvalue weighted by atomic mass is 9.73. The molecule has 0 spiro atoms. The van der Waals surface area contributed by atoms with E-state index in [9.17, 15) is 0 Å². The maximum absolute atomic E-state index is 6.51. The van der Waals surface area contributed by atoms with E-state index < -0.39 is 32.6 Å². The molecular weight excluding hydrogens is 1330 g/mol. The Morgan fingerprint density at radius 1 is 0.194 bits per heavy atom. The van der Waals surface area contributed by atoms with Gasteiger partial charge in [0.25, 0.3) is 0 Å². The Morgan fingerprint density at radius 3 is 0.926 bits per heavy atom. The first-order valence-electron chi connectivity index (χ1n) is 37.6. The molecule has 0 saturated carbocycles. The molecule has 0 aliphatic carbocycles. The van der Waals surface area contributed by atoms with Gasteiger partial charge < -0.3 is 41.2 Å². The van der Waals surface area contributed by atoms with E-state index in [0.29, 0.717) is 0 Å². The van der Waals surface area contributed by atoms with Gasteiger partial charge in [0.05, 0.1) is 33.6 Å². The Morgan fingerprint density at radius 2 is 0.491 bits per heavy atom. The Bertz CT molecular complexity index is 6440. The second-order valence-corrected chi connectivity index (χ2v) is 32.5. The van der Waals surface area contributed by atoms with Crippen LogP contribution in [0.5, 0.6) is 0 Å². The van der Waals surface area contributed by atoms with E-state index in [2.05, 4.69) is 356 Å². The van der Waals surface area contributed by atoms with E-state index in [-0.39, 0.29) is 22.4 Å². The molecule has 0 radical (unpaired) electrons. The highest BCUT2D eigenvalue weighted by atomic mass is 16.7. The predicted molar refractivity (Wildman–Crippen MR) is 450 cm³/mol. The van der Waals surface area contributed by atoms with Crippen LogP contribution in [0.4, 0.5) is 0 Å². The van der Waals surface area contributed by atoms with Crippen molar-refractivity contribution in [1.29, 1.82) is 0 Å². The first kappa shape index (κ1) is 67.8. The highest BCUT2D eigenvalue weighted by Gasteiger charge is 2.54. The summed E-state index contributed by atoms with van der Waals surface area (Å²) in [5, 5.41) is 21.0. The van der Waals surface area contributed by atoms with Crippen LogP contribution in [0.3, 0.4) is 0 Å². The Labute approximate surface area is 628 Å². The van der Waals surface area contributed by atoms with E-state index in [0.717, 1.165) is 115 Å². The van der Waals surface area contributed by atoms with Gasteiger partial charge in [0, 0.05) is 32.3 Å². The van der Waals surface area contributed by atoms with Gasteiger partial charge in [-0.05, 0) is 270 Å². The number of rotatable bonds is 6. The average molecular weight is 1410 g/mol. The summed E-state index contributed by atoms with van der Waals surface area (Å²) in [4.78, 5) is 0. The van der Waals surface area contributed by atoms with Crippen LogP contribution in [0.15, 0.2) is 286 Å². The van der Waals surface area contributed by atoms with Gasteiger partial charge in [0.1, 0.15) is 33.5 Å². The van der Waals surface area contributed by atoms with Crippen molar-refractivity contribution in [2.24, 2.45) is 0 Å². The molecule has 9 nitrogen and oxygen atoms in total. The summed E-state index contributed by atoms with van der Waals surface area (Å²) < 4.78 is 57.4. The van der Waals surface area contributed by atoms with Crippen molar-refractivity contribution in [3.05, 3.63) is 273 Å². The molecule has 0 N–H and O–H groups in total. The Hall–Kier alpha value is -10.8. The zero-order chi connectivity index (χ0) is 74.0. The second kappa shape index (κ2) is 24.9. The van der Waals surface area contributed by atoms with Crippen LogP contribution in [0, 0.1) is 0 Å². The van der Waals surface area contributed by atoms with E-state index in [1.54, 1.807) is 0 Å². The van der Waals surface area contributed by atoms with Crippen LogP contribution in [0.2, 0.25) is 0 Å². The summed E-state index contributed by atoms with van der Waals surface area (Å²) in [6, 6.07) is 96.5. The van der Waals surface area contributed by atoms with E-state index in [1.165, 1.54) is 65.0 Å². The van der Waals surface area contributed by atoms with Gasteiger partial charge in [-0.25, -0.2) is 0 Å². The predicted octanol–water partition coefficient (Wildman–Crippen LogP) is 23.6. The third-order valence-corrected chi connectivity index (χ3v) is 24.3. The molecule has 15 aromatic carbocycles. The largest absolute Gasteiger partial charge is 0.495 e. The topological polar surface area (TPSA) is 94.8 Å². The smallest absolute Gasteiger partial charge is 0.456 e. The fraction of sp³-hybridized carbons (Fsp3) is 0.188. The molecule has 3 saturated heterocycles. The molecular formula is C96H81B3O9. The van der Waals surface area contributed by atoms with Crippen LogP contribution in [0.25, 0.3) is 164 Å². The average Bonchev–Trinajstić information content (AvgIpc) is 1.52. The van der Waals surface area contributed by atoms with Gasteiger partial charge in [-0.2, -0.15) is 0 Å². The molecule has 0 amide bonds. The zero-order valence-electron chi connectivity index (χ0n) is 62.9. The van der Waals surface area contributed by atoms with Crippen LogP contribution in [-0.2, 0) is 27.9 Å². The molecule has 0 unspecified atom stereocenters. The quantitative estimate of drug-likeness (QED) is 0.151. The van der Waals surface area contributed by atoms with Crippen LogP contribution >= 0.6 is 0 Å². The normalized spacial score (nSPS) is 17.1. The van der Waals surface area contributed by atoms with Crippen molar-refractivity contribution < 1.29 is 41.2 Å². The highest BCUT2D eigenvalue weighted by Crippen LogP contribution is 2.45. The molecule has 3 fully saturated rings. The summed E-state index contributed by atoms with van der Waals surface area (Å²) in [6.07, 6.45) is 0. The van der Waals surface area contributed by atoms with Gasteiger partial charge in [0.2, 0.25) is 0 Å². The van der Waals surface area contributed by atoms with Gasteiger partial charge >= 0.3 is 21.4 Å². The lowest BCUT2D eigenvalue weighted by molar-refractivity contribution is 0.00578. The minimum atomic E-state index is -0.449. The maximum Gasteiger partial charge on any atom is 0.495 e. The standard InChI is InChI=1S/3C32H27BO3/c1-31(2)32(3,4)36-33(35-31)28-14-8-12-24-23(11-7-13-25(24)28)22-15-16-29-26(18-22)27-17-20-9-5-6-10-21(20)19-30(27)34-29;1-31(2)32(3,4)36-33(35-31)27-15-13-20-9-7-8-12-24(20)30(27)23-14-16-28-25(18-23)26-17-21-10-5-6-11-22(21)19-29(26)34-28;1-31(2)32(3,4)36-33(35-31)28-15-14-23(24-11-7-8-12-25(24)28)22-13-16-29-26(18-22)27-17-20-9-5-6-10-21(20)19-30(27)34-29/h3*5-19H,1-4H3. The van der Waals surface area contributed by atoms with E-state index in [1.807, 2.05) is 0 Å². The summed E-state index contributed by atoms with van der Waals surface area (Å²) >= 11 is 0. The van der Waals surface area contributed by atoms with Crippen molar-refractivity contribution >= 4 is 168 Å². The molecule has 0 atom stereocenters. The molecule has 3 aromatic heterocycles. The summed E-state index contributed by atoms with van der Waals surface area (Å²) in [5.74, 6) is 0. The van der Waals surface area contributed by atoms with Crippen molar-refractivity contribution in [3.8, 4) is 33.4 Å². The first-order chi connectivity index (χ1) is 51.9. The molecule has 528 valence electrons. The number of furan rings is 3. The van der Waals surface area contributed by atoms with Crippen LogP contribution in [-0.4, -0.2) is 55.0 Å². The van der Waals surface area contributed by atoms with Crippen LogP contribution < -0.4 is 16.4 Å². The second-order valence-electron chi connectivity index (χ2n) is 32.5. The minimum Gasteiger partial charge on any atom is -0.456 e. The number of benzene rings is 15. The van der Waals surface area contributed by atoms with Crippen molar-refractivity contribution in [1.82, 2.24) is 0 Å². The molecule has 3 aliphatic heterocycles. The fourth-order valence-corrected chi connectivity index (χ4v) is 16.2. The molecule has 3 aliphatic rings. The molecule has 21 rings (SSSR count). The maximum atomic E-state index is 6.51. The molecule has 18 aromatic rings. The van der Waals surface area contributed by atoms with Crippen molar-refractivity contribution in [3.63, 3.8) is 0 Å². The molecule has 12 heteroatoms. The first-order valence-corrected chi connectivity index (χ1v) is 37.6. The molecule has 6 heterocycles. The molecule has 0 bridgehead atoms. The Kier molecular flexibility index (Phi) is 15.6. The highest BCUT2D eigenvalue weighted by molar-refractivity contribution is 6.66. The SMILES string of the molecule is CC1(C)OB(c2ccc(-c3ccc4oc5cc6ccccc6cc5c4c3)c3ccccc23)OC1(C)C.CC1(C)OB(c2ccc3ccccc3c2-c2ccc3oc4cc5ccccc5cc4c3c2)OC1(C)C.CC1(C)OB(c2cccc3c(-c4ccc5oc6cc7ccccc7cc6c5c4)cccc23)OC1(C)C. The monoisotopic (exact) mass is 1410 g/mol. The molecule has 108 heavy (non-hydrogen) atoms. The Balaban J connectivity index is 0.000000110. The number of hydrogen-bond acceptors (Lipinski definition) is 9. The number of hydrogen-bond donors (Lipinski definition) is 0. The van der Waals surface area contributed by atoms with Gasteiger partial charge in [-0.15, -0.1) is 0 Å². The van der Waals surface area contributed by atoms with Crippen LogP contribution in [0.1, 0.15) is 83.1 Å². The van der Waals surface area contributed by atoms with Gasteiger partial charge in [-0.1, -0.05) is 200 Å². The lowest BCUT2D eigenvalue weighted by Crippen LogP contribution is -2.41. The number of fused-ring (bicyclic) bond motifs is 15. The van der Waals surface area contributed by atoms with E-state index >= 15 is 0 Å². The minimum absolute atomic E-state index is 0.380. The van der Waals surface area contributed by atoms with E-state index in [4.69, 9.17) is 41.2 Å². The zero-order valence-corrected chi connectivity index (χ0v) is 62.9. The third-order valence-electron chi connectivity index (χ3n) is 24.3. The van der Waals surface area contributed by atoms with Crippen molar-refractivity contribution in [2.45, 2.75) is 117 Å². The summed E-state index contributed by atoms with van der Waals surface area (Å²) in [5.41, 5.74) is 13.2. The summed E-state index contributed by atoms with van der Waals surface area (Å²) in [7, 11) is -1.25. The lowest BCUT2D eigenvalue weighted by Gasteiger charge is -2.32. The summed E-state index contributed by atoms with van der Waals surface area (Å²) in [6.45, 7) is 25.2. The third kappa shape index (κ3) is 11.2. The van der Waals surface area contributed by atoms with Crippen molar-refractivity contribution in [2.75, 3.05) is 0 Å². The fourth-order valence-electron chi connectivity index (χ4n) is 16.2. The van der Waals surface area contributed by atoms with Gasteiger partial charge in [0.15, 0.2) is 0 Å².